The fourth-order valence-electron chi connectivity index (χ4n) is 2.75. The molecule has 2 aromatic rings. The van der Waals surface area contributed by atoms with Gasteiger partial charge < -0.3 is 18.9 Å². The van der Waals surface area contributed by atoms with Crippen molar-refractivity contribution in [3.63, 3.8) is 0 Å². The van der Waals surface area contributed by atoms with Crippen LogP contribution in [0.2, 0.25) is 0 Å². The van der Waals surface area contributed by atoms with Gasteiger partial charge in [0.25, 0.3) is 0 Å². The molecular weight excluding hydrogens is 472 g/mol. The topological polar surface area (TPSA) is 88.1 Å². The zero-order chi connectivity index (χ0) is 27.3. The van der Waals surface area contributed by atoms with Gasteiger partial charge in [0.15, 0.2) is 0 Å². The first kappa shape index (κ1) is 30.9. The summed E-state index contributed by atoms with van der Waals surface area (Å²) in [6, 6.07) is 14.4. The van der Waals surface area contributed by atoms with E-state index in [2.05, 4.69) is 13.2 Å². The maximum atomic E-state index is 11.1. The highest BCUT2D eigenvalue weighted by molar-refractivity contribution is 5.87. The largest absolute Gasteiger partial charge is 0.497 e. The summed E-state index contributed by atoms with van der Waals surface area (Å²) in [7, 11) is 1.61. The Morgan fingerprint density at radius 2 is 1.43 bits per heavy atom. The number of methoxy groups -OCH3 is 1. The summed E-state index contributed by atoms with van der Waals surface area (Å²) in [5.41, 5.74) is 1.99. The molecule has 0 aliphatic heterocycles. The van der Waals surface area contributed by atoms with Crippen molar-refractivity contribution < 1.29 is 33.3 Å². The second kappa shape index (κ2) is 19.1. The van der Waals surface area contributed by atoms with E-state index in [4.69, 9.17) is 18.9 Å². The first-order valence-corrected chi connectivity index (χ1v) is 12.0. The van der Waals surface area contributed by atoms with Crippen molar-refractivity contribution >= 4 is 24.3 Å². The van der Waals surface area contributed by atoms with Crippen LogP contribution in [0.3, 0.4) is 0 Å². The summed E-state index contributed by atoms with van der Waals surface area (Å²) in [6.07, 6.45) is 9.23. The Kier molecular flexibility index (Phi) is 16.0. The average Bonchev–Trinajstić information content (AvgIpc) is 2.92. The highest BCUT2D eigenvalue weighted by Crippen LogP contribution is 2.13. The maximum absolute atomic E-state index is 11.1. The zero-order valence-corrected chi connectivity index (χ0v) is 21.6. The first-order chi connectivity index (χ1) is 17.9. The lowest BCUT2D eigenvalue weighted by Crippen LogP contribution is -2.06. The Morgan fingerprint density at radius 1 is 0.838 bits per heavy atom. The number of carbonyl (C=O) groups excluding carboxylic acids is 3. The molecule has 7 nitrogen and oxygen atoms in total. The van der Waals surface area contributed by atoms with Gasteiger partial charge in [-0.15, -0.1) is 0 Å². The van der Waals surface area contributed by atoms with Gasteiger partial charge in [-0.1, -0.05) is 31.4 Å². The number of carbonyl (C=O) groups is 3. The molecule has 0 radical (unpaired) electrons. The van der Waals surface area contributed by atoms with E-state index in [0.29, 0.717) is 24.4 Å². The summed E-state index contributed by atoms with van der Waals surface area (Å²) in [5, 5.41) is 0. The van der Waals surface area contributed by atoms with Gasteiger partial charge >= 0.3 is 11.9 Å². The number of benzene rings is 2. The molecule has 0 N–H and O–H groups in total. The number of hydrogen-bond acceptors (Lipinski definition) is 7. The van der Waals surface area contributed by atoms with Gasteiger partial charge in [-0.3, -0.25) is 4.79 Å². The molecule has 0 spiro atoms. The van der Waals surface area contributed by atoms with Crippen LogP contribution < -0.4 is 9.47 Å². The summed E-state index contributed by atoms with van der Waals surface area (Å²) < 4.78 is 20.4. The van der Waals surface area contributed by atoms with Gasteiger partial charge in [0.1, 0.15) is 24.4 Å². The Labute approximate surface area is 219 Å². The third kappa shape index (κ3) is 14.8. The summed E-state index contributed by atoms with van der Waals surface area (Å²) in [6.45, 7) is 9.94. The third-order valence-corrected chi connectivity index (χ3v) is 4.78. The molecule has 7 heteroatoms. The fraction of sp³-hybridized carbons (Fsp3) is 0.300. The Hall–Kier alpha value is -4.13. The summed E-state index contributed by atoms with van der Waals surface area (Å²) in [4.78, 5) is 32.7. The van der Waals surface area contributed by atoms with Crippen molar-refractivity contribution in [3.8, 4) is 11.5 Å². The van der Waals surface area contributed by atoms with Crippen molar-refractivity contribution in [2.24, 2.45) is 0 Å². The SMILES string of the molecule is C=C(C)C(=O)OCCCCCCOc1ccc(C=O)cc1.C=CCOC(=O)/C=C/c1ccc(OC)cc1. The van der Waals surface area contributed by atoms with E-state index in [1.165, 1.54) is 12.2 Å². The van der Waals surface area contributed by atoms with Crippen molar-refractivity contribution in [2.75, 3.05) is 26.9 Å². The molecule has 0 saturated carbocycles. The molecule has 2 aromatic carbocycles. The van der Waals surface area contributed by atoms with Gasteiger partial charge in [-0.2, -0.15) is 0 Å². The molecule has 198 valence electrons. The van der Waals surface area contributed by atoms with Gasteiger partial charge in [0, 0.05) is 17.2 Å². The van der Waals surface area contributed by atoms with Crippen molar-refractivity contribution in [1.82, 2.24) is 0 Å². The van der Waals surface area contributed by atoms with Crippen molar-refractivity contribution in [3.05, 3.63) is 90.5 Å². The standard InChI is InChI=1S/C17H22O4.C13H14O3/c1-14(2)17(19)21-12-6-4-3-5-11-20-16-9-7-15(13-18)8-10-16;1-3-10-16-13(14)9-6-11-4-7-12(15-2)8-5-11/h7-10,13H,1,3-6,11-12H2,2H3;3-9H,1,10H2,2H3/b;9-6+. The van der Waals surface area contributed by atoms with E-state index in [-0.39, 0.29) is 18.5 Å². The minimum Gasteiger partial charge on any atom is -0.497 e. The number of rotatable bonds is 15. The Balaban J connectivity index is 0.000000384. The molecule has 0 aliphatic carbocycles. The lowest BCUT2D eigenvalue weighted by Gasteiger charge is -2.06. The molecule has 2 rings (SSSR count). The summed E-state index contributed by atoms with van der Waals surface area (Å²) >= 11 is 0. The number of aldehydes is 1. The minimum absolute atomic E-state index is 0.228. The van der Waals surface area contributed by atoms with Crippen LogP contribution in [0, 0.1) is 0 Å². The quantitative estimate of drug-likeness (QED) is 0.0959. The molecule has 0 aliphatic rings. The van der Waals surface area contributed by atoms with Crippen molar-refractivity contribution in [2.45, 2.75) is 32.6 Å². The van der Waals surface area contributed by atoms with E-state index < -0.39 is 0 Å². The van der Waals surface area contributed by atoms with Crippen LogP contribution in [-0.2, 0) is 19.1 Å². The zero-order valence-electron chi connectivity index (χ0n) is 21.6. The molecule has 0 saturated heterocycles. The van der Waals surface area contributed by atoms with Crippen LogP contribution >= 0.6 is 0 Å². The number of unbranched alkanes of at least 4 members (excludes halogenated alkanes) is 3. The third-order valence-electron chi connectivity index (χ3n) is 4.78. The number of hydrogen-bond donors (Lipinski definition) is 0. The predicted molar refractivity (Wildman–Crippen MR) is 145 cm³/mol. The van der Waals surface area contributed by atoms with Gasteiger partial charge in [0.05, 0.1) is 20.3 Å². The fourth-order valence-corrected chi connectivity index (χ4v) is 2.75. The number of esters is 2. The molecular formula is C30H36O7. The lowest BCUT2D eigenvalue weighted by atomic mass is 10.2. The molecule has 0 bridgehead atoms. The molecule has 0 fully saturated rings. The van der Waals surface area contributed by atoms with Crippen molar-refractivity contribution in [1.29, 1.82) is 0 Å². The van der Waals surface area contributed by atoms with Crippen LogP contribution in [0.15, 0.2) is 79.4 Å². The van der Waals surface area contributed by atoms with E-state index in [0.717, 1.165) is 49.0 Å². The molecule has 37 heavy (non-hydrogen) atoms. The highest BCUT2D eigenvalue weighted by atomic mass is 16.5. The molecule has 0 atom stereocenters. The Bertz CT molecular complexity index is 1010. The van der Waals surface area contributed by atoms with Gasteiger partial charge in [0.2, 0.25) is 0 Å². The predicted octanol–water partition coefficient (Wildman–Crippen LogP) is 6.00. The van der Waals surface area contributed by atoms with E-state index in [9.17, 15) is 14.4 Å². The number of ether oxygens (including phenoxy) is 4. The van der Waals surface area contributed by atoms with Crippen LogP contribution in [0.25, 0.3) is 6.08 Å². The van der Waals surface area contributed by atoms with Gasteiger partial charge in [-0.05, 0) is 80.6 Å². The molecule has 0 unspecified atom stereocenters. The summed E-state index contributed by atoms with van der Waals surface area (Å²) in [5.74, 6) is 0.857. The average molecular weight is 509 g/mol. The normalized spacial score (nSPS) is 10.0. The molecule has 0 amide bonds. The second-order valence-electron chi connectivity index (χ2n) is 7.89. The lowest BCUT2D eigenvalue weighted by molar-refractivity contribution is -0.139. The molecule has 0 heterocycles. The highest BCUT2D eigenvalue weighted by Gasteiger charge is 2.02. The monoisotopic (exact) mass is 508 g/mol. The van der Waals surface area contributed by atoms with Crippen LogP contribution in [0.1, 0.15) is 48.5 Å². The molecule has 0 aromatic heterocycles. The maximum Gasteiger partial charge on any atom is 0.333 e. The Morgan fingerprint density at radius 3 is 2.00 bits per heavy atom. The smallest absolute Gasteiger partial charge is 0.333 e. The van der Waals surface area contributed by atoms with E-state index in [1.54, 1.807) is 44.4 Å². The second-order valence-corrected chi connectivity index (χ2v) is 7.89. The van der Waals surface area contributed by atoms with Crippen LogP contribution in [-0.4, -0.2) is 45.2 Å². The van der Waals surface area contributed by atoms with Gasteiger partial charge in [-0.25, -0.2) is 9.59 Å². The van der Waals surface area contributed by atoms with Crippen LogP contribution in [0.4, 0.5) is 0 Å². The minimum atomic E-state index is -0.379. The van der Waals surface area contributed by atoms with Crippen LogP contribution in [0.5, 0.6) is 11.5 Å². The van der Waals surface area contributed by atoms with E-state index >= 15 is 0 Å². The first-order valence-electron chi connectivity index (χ1n) is 12.0. The van der Waals surface area contributed by atoms with E-state index in [1.807, 2.05) is 24.3 Å².